The van der Waals surface area contributed by atoms with Crippen molar-refractivity contribution in [1.82, 2.24) is 15.0 Å². The van der Waals surface area contributed by atoms with E-state index in [0.717, 1.165) is 17.0 Å². The standard InChI is InChI=1S/C20H12F3N3/c21-15-9-8-12(18(22)19(15)23)10-14-5-3-7-17(25-14)20-24-11-13-4-1-2-6-16(13)26-20/h1-9,11H,10H2. The monoisotopic (exact) mass is 351 g/mol. The van der Waals surface area contributed by atoms with Gasteiger partial charge in [0.15, 0.2) is 23.3 Å². The van der Waals surface area contributed by atoms with E-state index in [-0.39, 0.29) is 12.0 Å². The molecule has 0 aliphatic heterocycles. The minimum Gasteiger partial charge on any atom is -0.249 e. The van der Waals surface area contributed by atoms with Gasteiger partial charge >= 0.3 is 0 Å². The zero-order valence-corrected chi connectivity index (χ0v) is 13.5. The Labute approximate surface area is 147 Å². The highest BCUT2D eigenvalue weighted by molar-refractivity contribution is 5.79. The highest BCUT2D eigenvalue weighted by Gasteiger charge is 2.14. The Kier molecular flexibility index (Phi) is 4.08. The lowest BCUT2D eigenvalue weighted by molar-refractivity contribution is 0.442. The smallest absolute Gasteiger partial charge is 0.194 e. The molecule has 0 saturated heterocycles. The van der Waals surface area contributed by atoms with Gasteiger partial charge in [-0.05, 0) is 29.8 Å². The van der Waals surface area contributed by atoms with Gasteiger partial charge in [0.1, 0.15) is 5.69 Å². The summed E-state index contributed by atoms with van der Waals surface area (Å²) in [7, 11) is 0. The van der Waals surface area contributed by atoms with Crippen molar-refractivity contribution in [2.75, 3.05) is 0 Å². The molecule has 0 aliphatic carbocycles. The molecule has 0 N–H and O–H groups in total. The summed E-state index contributed by atoms with van der Waals surface area (Å²) >= 11 is 0. The summed E-state index contributed by atoms with van der Waals surface area (Å²) < 4.78 is 40.3. The molecule has 0 unspecified atom stereocenters. The number of para-hydroxylation sites is 1. The molecule has 0 aliphatic rings. The number of aromatic nitrogens is 3. The molecule has 2 heterocycles. The van der Waals surface area contributed by atoms with Crippen LogP contribution >= 0.6 is 0 Å². The lowest BCUT2D eigenvalue weighted by atomic mass is 10.1. The molecule has 0 amide bonds. The molecule has 3 nitrogen and oxygen atoms in total. The van der Waals surface area contributed by atoms with Gasteiger partial charge in [0.25, 0.3) is 0 Å². The lowest BCUT2D eigenvalue weighted by Gasteiger charge is -2.07. The third kappa shape index (κ3) is 3.01. The average molecular weight is 351 g/mol. The van der Waals surface area contributed by atoms with Crippen LogP contribution < -0.4 is 0 Å². The van der Waals surface area contributed by atoms with E-state index in [1.54, 1.807) is 24.4 Å². The van der Waals surface area contributed by atoms with Crippen molar-refractivity contribution in [2.24, 2.45) is 0 Å². The molecule has 2 aromatic carbocycles. The Hall–Kier alpha value is -3.28. The van der Waals surface area contributed by atoms with Crippen LogP contribution in [0.3, 0.4) is 0 Å². The molecule has 128 valence electrons. The first kappa shape index (κ1) is 16.2. The predicted octanol–water partition coefficient (Wildman–Crippen LogP) is 4.70. The first-order chi connectivity index (χ1) is 12.6. The summed E-state index contributed by atoms with van der Waals surface area (Å²) in [6, 6.07) is 14.9. The molecule has 4 rings (SSSR count). The normalized spacial score (nSPS) is 11.0. The zero-order valence-electron chi connectivity index (χ0n) is 13.5. The minimum absolute atomic E-state index is 0.0322. The molecule has 0 radical (unpaired) electrons. The van der Waals surface area contributed by atoms with Gasteiger partial charge in [-0.3, -0.25) is 0 Å². The molecular formula is C20H12F3N3. The van der Waals surface area contributed by atoms with Gasteiger partial charge in [0.05, 0.1) is 5.52 Å². The second kappa shape index (κ2) is 6.55. The predicted molar refractivity (Wildman–Crippen MR) is 91.9 cm³/mol. The maximum Gasteiger partial charge on any atom is 0.194 e. The average Bonchev–Trinajstić information content (AvgIpc) is 2.68. The van der Waals surface area contributed by atoms with Crippen LogP contribution in [0, 0.1) is 17.5 Å². The number of halogens is 3. The topological polar surface area (TPSA) is 38.7 Å². The molecule has 0 spiro atoms. The second-order valence-electron chi connectivity index (χ2n) is 5.78. The van der Waals surface area contributed by atoms with E-state index in [4.69, 9.17) is 0 Å². The number of pyridine rings is 1. The molecule has 0 fully saturated rings. The van der Waals surface area contributed by atoms with Crippen molar-refractivity contribution >= 4 is 10.9 Å². The van der Waals surface area contributed by atoms with Crippen molar-refractivity contribution in [3.63, 3.8) is 0 Å². The highest BCUT2D eigenvalue weighted by Crippen LogP contribution is 2.20. The van der Waals surface area contributed by atoms with Crippen molar-refractivity contribution in [3.8, 4) is 11.5 Å². The summed E-state index contributed by atoms with van der Waals surface area (Å²) in [5.74, 6) is -3.44. The minimum atomic E-state index is -1.48. The van der Waals surface area contributed by atoms with Crippen LogP contribution in [-0.2, 0) is 6.42 Å². The third-order valence-electron chi connectivity index (χ3n) is 4.01. The van der Waals surface area contributed by atoms with E-state index in [1.807, 2.05) is 24.3 Å². The number of rotatable bonds is 3. The van der Waals surface area contributed by atoms with Gasteiger partial charge in [-0.25, -0.2) is 28.1 Å². The molecule has 0 atom stereocenters. The first-order valence-electron chi connectivity index (χ1n) is 7.92. The molecular weight excluding hydrogens is 339 g/mol. The lowest BCUT2D eigenvalue weighted by Crippen LogP contribution is -2.01. The highest BCUT2D eigenvalue weighted by atomic mass is 19.2. The number of benzene rings is 2. The van der Waals surface area contributed by atoms with E-state index in [1.165, 1.54) is 6.07 Å². The molecule has 26 heavy (non-hydrogen) atoms. The molecule has 6 heteroatoms. The number of hydrogen-bond acceptors (Lipinski definition) is 3. The number of hydrogen-bond donors (Lipinski definition) is 0. The molecule has 2 aromatic heterocycles. The second-order valence-corrected chi connectivity index (χ2v) is 5.78. The summed E-state index contributed by atoms with van der Waals surface area (Å²) in [5.41, 5.74) is 1.85. The fourth-order valence-corrected chi connectivity index (χ4v) is 2.70. The van der Waals surface area contributed by atoms with E-state index >= 15 is 0 Å². The van der Waals surface area contributed by atoms with Crippen molar-refractivity contribution in [2.45, 2.75) is 6.42 Å². The SMILES string of the molecule is Fc1ccc(Cc2cccc(-c3ncc4ccccc4n3)n2)c(F)c1F. The van der Waals surface area contributed by atoms with Crippen molar-refractivity contribution in [1.29, 1.82) is 0 Å². The van der Waals surface area contributed by atoms with Crippen LogP contribution in [-0.4, -0.2) is 15.0 Å². The van der Waals surface area contributed by atoms with Crippen LogP contribution in [0.4, 0.5) is 13.2 Å². The maximum absolute atomic E-state index is 13.9. The quantitative estimate of drug-likeness (QED) is 0.502. The van der Waals surface area contributed by atoms with E-state index < -0.39 is 17.5 Å². The zero-order chi connectivity index (χ0) is 18.1. The number of fused-ring (bicyclic) bond motifs is 1. The van der Waals surface area contributed by atoms with Crippen LogP contribution in [0.15, 0.2) is 60.8 Å². The summed E-state index contributed by atoms with van der Waals surface area (Å²) in [5, 5.41) is 0.913. The van der Waals surface area contributed by atoms with Gasteiger partial charge in [-0.2, -0.15) is 0 Å². The fraction of sp³-hybridized carbons (Fsp3) is 0.0500. The van der Waals surface area contributed by atoms with E-state index in [9.17, 15) is 13.2 Å². The fourth-order valence-electron chi connectivity index (χ4n) is 2.70. The Bertz CT molecular complexity index is 1110. The largest absolute Gasteiger partial charge is 0.249 e. The molecule has 4 aromatic rings. The van der Waals surface area contributed by atoms with Gasteiger partial charge in [-0.1, -0.05) is 30.3 Å². The van der Waals surface area contributed by atoms with Crippen molar-refractivity contribution < 1.29 is 13.2 Å². The Morgan fingerprint density at radius 2 is 1.62 bits per heavy atom. The van der Waals surface area contributed by atoms with E-state index in [2.05, 4.69) is 15.0 Å². The van der Waals surface area contributed by atoms with Crippen LogP contribution in [0.5, 0.6) is 0 Å². The summed E-state index contributed by atoms with van der Waals surface area (Å²) in [4.78, 5) is 13.2. The summed E-state index contributed by atoms with van der Waals surface area (Å²) in [6.45, 7) is 0. The Morgan fingerprint density at radius 1 is 0.769 bits per heavy atom. The molecule has 0 bridgehead atoms. The maximum atomic E-state index is 13.9. The van der Waals surface area contributed by atoms with Gasteiger partial charge in [-0.15, -0.1) is 0 Å². The Morgan fingerprint density at radius 3 is 2.50 bits per heavy atom. The van der Waals surface area contributed by atoms with Gasteiger partial charge in [0, 0.05) is 23.7 Å². The van der Waals surface area contributed by atoms with Crippen LogP contribution in [0.2, 0.25) is 0 Å². The van der Waals surface area contributed by atoms with Crippen molar-refractivity contribution in [3.05, 3.63) is 89.5 Å². The Balaban J connectivity index is 1.69. The van der Waals surface area contributed by atoms with E-state index in [0.29, 0.717) is 17.2 Å². The first-order valence-corrected chi connectivity index (χ1v) is 7.92. The third-order valence-corrected chi connectivity index (χ3v) is 4.01. The molecule has 0 saturated carbocycles. The number of nitrogens with zero attached hydrogens (tertiary/aromatic N) is 3. The van der Waals surface area contributed by atoms with Crippen LogP contribution in [0.25, 0.3) is 22.4 Å². The van der Waals surface area contributed by atoms with Gasteiger partial charge < -0.3 is 0 Å². The van der Waals surface area contributed by atoms with Gasteiger partial charge in [0.2, 0.25) is 0 Å². The summed E-state index contributed by atoms with van der Waals surface area (Å²) in [6.07, 6.45) is 1.74. The van der Waals surface area contributed by atoms with Crippen LogP contribution in [0.1, 0.15) is 11.3 Å².